The molecular formula is C11H16F3NO4. The van der Waals surface area contributed by atoms with Crippen molar-refractivity contribution in [3.05, 3.63) is 12.7 Å². The number of hydrogen-bond acceptors (Lipinski definition) is 3. The fraction of sp³-hybridized carbons (Fsp3) is 0.636. The number of hydrogen-bond donors (Lipinski definition) is 1. The zero-order valence-electron chi connectivity index (χ0n) is 10.6. The summed E-state index contributed by atoms with van der Waals surface area (Å²) in [5, 5.41) is 8.95. The summed E-state index contributed by atoms with van der Waals surface area (Å²) in [7, 11) is 0. The van der Waals surface area contributed by atoms with E-state index in [0.29, 0.717) is 0 Å². The molecule has 0 saturated carbocycles. The molecule has 0 aliphatic rings. The summed E-state index contributed by atoms with van der Waals surface area (Å²) in [6.07, 6.45) is -4.87. The monoisotopic (exact) mass is 283 g/mol. The van der Waals surface area contributed by atoms with Crippen LogP contribution in [-0.2, 0) is 9.53 Å². The molecule has 1 atom stereocenters. The average molecular weight is 283 g/mol. The van der Waals surface area contributed by atoms with Gasteiger partial charge in [0.05, 0.1) is 0 Å². The highest BCUT2D eigenvalue weighted by Crippen LogP contribution is 2.21. The standard InChI is InChI=1S/C11H16F3NO4/c1-4-5-19-10(18)15(6-11(12,13)14)8(7(2)3)9(16)17/h4,7-8H,1,5-6H2,2-3H3,(H,16,17)/t8-/m0/s1. The molecule has 19 heavy (non-hydrogen) atoms. The zero-order chi connectivity index (χ0) is 15.2. The largest absolute Gasteiger partial charge is 0.480 e. The number of carboxylic acids is 1. The molecule has 1 amide bonds. The third-order valence-corrected chi connectivity index (χ3v) is 2.13. The maximum Gasteiger partial charge on any atom is 0.411 e. The van der Waals surface area contributed by atoms with Crippen molar-refractivity contribution in [1.82, 2.24) is 4.90 Å². The van der Waals surface area contributed by atoms with Crippen LogP contribution >= 0.6 is 0 Å². The number of nitrogens with zero attached hydrogens (tertiary/aromatic N) is 1. The molecule has 0 unspecified atom stereocenters. The first-order valence-corrected chi connectivity index (χ1v) is 5.44. The highest BCUT2D eigenvalue weighted by Gasteiger charge is 2.41. The predicted octanol–water partition coefficient (Wildman–Crippen LogP) is 2.28. The van der Waals surface area contributed by atoms with Crippen LogP contribution in [0.2, 0.25) is 0 Å². The maximum absolute atomic E-state index is 12.4. The molecule has 0 heterocycles. The Morgan fingerprint density at radius 3 is 2.26 bits per heavy atom. The Morgan fingerprint density at radius 1 is 1.42 bits per heavy atom. The van der Waals surface area contributed by atoms with Crippen LogP contribution < -0.4 is 0 Å². The second-order valence-electron chi connectivity index (χ2n) is 4.14. The third-order valence-electron chi connectivity index (χ3n) is 2.13. The van der Waals surface area contributed by atoms with Gasteiger partial charge in [-0.2, -0.15) is 13.2 Å². The van der Waals surface area contributed by atoms with Gasteiger partial charge < -0.3 is 9.84 Å². The molecule has 5 nitrogen and oxygen atoms in total. The van der Waals surface area contributed by atoms with Gasteiger partial charge in [-0.1, -0.05) is 26.5 Å². The summed E-state index contributed by atoms with van der Waals surface area (Å²) in [5.41, 5.74) is 0. The van der Waals surface area contributed by atoms with Gasteiger partial charge in [0.1, 0.15) is 19.2 Å². The first kappa shape index (κ1) is 17.3. The molecule has 0 aromatic carbocycles. The summed E-state index contributed by atoms with van der Waals surface area (Å²) >= 11 is 0. The van der Waals surface area contributed by atoms with Crippen LogP contribution in [0.3, 0.4) is 0 Å². The molecule has 0 radical (unpaired) electrons. The Morgan fingerprint density at radius 2 is 1.95 bits per heavy atom. The number of carbonyl (C=O) groups is 2. The van der Waals surface area contributed by atoms with Crippen molar-refractivity contribution < 1.29 is 32.6 Å². The van der Waals surface area contributed by atoms with Crippen molar-refractivity contribution in [2.75, 3.05) is 13.2 Å². The van der Waals surface area contributed by atoms with Crippen molar-refractivity contribution >= 4 is 12.1 Å². The molecule has 0 aromatic rings. The minimum Gasteiger partial charge on any atom is -0.480 e. The summed E-state index contributed by atoms with van der Waals surface area (Å²) in [6.45, 7) is 4.08. The molecule has 110 valence electrons. The number of halogens is 3. The van der Waals surface area contributed by atoms with Crippen molar-refractivity contribution in [1.29, 1.82) is 0 Å². The van der Waals surface area contributed by atoms with E-state index in [-0.39, 0.29) is 11.5 Å². The van der Waals surface area contributed by atoms with Gasteiger partial charge in [0.2, 0.25) is 0 Å². The van der Waals surface area contributed by atoms with E-state index in [4.69, 9.17) is 5.11 Å². The number of rotatable bonds is 6. The maximum atomic E-state index is 12.4. The van der Waals surface area contributed by atoms with Gasteiger partial charge in [-0.3, -0.25) is 4.90 Å². The Labute approximate surface area is 108 Å². The lowest BCUT2D eigenvalue weighted by atomic mass is 10.0. The molecule has 1 N–H and O–H groups in total. The van der Waals surface area contributed by atoms with Gasteiger partial charge in [0.15, 0.2) is 0 Å². The van der Waals surface area contributed by atoms with Crippen LogP contribution in [0.1, 0.15) is 13.8 Å². The Hall–Kier alpha value is -1.73. The SMILES string of the molecule is C=CCOC(=O)N(CC(F)(F)F)[C@H](C(=O)O)C(C)C. The van der Waals surface area contributed by atoms with Crippen LogP contribution in [-0.4, -0.2) is 47.4 Å². The molecule has 0 rings (SSSR count). The summed E-state index contributed by atoms with van der Waals surface area (Å²) < 4.78 is 41.7. The normalized spacial score (nSPS) is 12.9. The van der Waals surface area contributed by atoms with Crippen LogP contribution in [0, 0.1) is 5.92 Å². The second kappa shape index (κ2) is 7.01. The molecule has 0 spiro atoms. The number of carbonyl (C=O) groups excluding carboxylic acids is 1. The molecule has 0 saturated heterocycles. The molecule has 0 fully saturated rings. The van der Waals surface area contributed by atoms with Gasteiger partial charge in [0.25, 0.3) is 0 Å². The van der Waals surface area contributed by atoms with Gasteiger partial charge in [0, 0.05) is 0 Å². The quantitative estimate of drug-likeness (QED) is 0.759. The van der Waals surface area contributed by atoms with Crippen molar-refractivity contribution in [2.45, 2.75) is 26.1 Å². The van der Waals surface area contributed by atoms with Crippen molar-refractivity contribution in [3.63, 3.8) is 0 Å². The number of amides is 1. The second-order valence-corrected chi connectivity index (χ2v) is 4.14. The molecule has 0 aromatic heterocycles. The first-order valence-electron chi connectivity index (χ1n) is 5.44. The van der Waals surface area contributed by atoms with Crippen LogP contribution in [0.15, 0.2) is 12.7 Å². The van der Waals surface area contributed by atoms with Gasteiger partial charge in [-0.15, -0.1) is 0 Å². The minimum atomic E-state index is -4.71. The lowest BCUT2D eigenvalue weighted by molar-refractivity contribution is -0.160. The van der Waals surface area contributed by atoms with E-state index < -0.39 is 36.7 Å². The summed E-state index contributed by atoms with van der Waals surface area (Å²) in [6, 6.07) is -1.61. The van der Waals surface area contributed by atoms with Gasteiger partial charge in [-0.05, 0) is 5.92 Å². The van der Waals surface area contributed by atoms with E-state index in [2.05, 4.69) is 11.3 Å². The highest BCUT2D eigenvalue weighted by atomic mass is 19.4. The fourth-order valence-electron chi connectivity index (χ4n) is 1.46. The Balaban J connectivity index is 5.17. The lowest BCUT2D eigenvalue weighted by Crippen LogP contribution is -2.51. The minimum absolute atomic E-state index is 0.163. The average Bonchev–Trinajstić information content (AvgIpc) is 2.21. The topological polar surface area (TPSA) is 66.8 Å². The number of aliphatic carboxylic acids is 1. The molecule has 0 aliphatic heterocycles. The molecule has 0 aliphatic carbocycles. The van der Waals surface area contributed by atoms with Gasteiger partial charge in [-0.25, -0.2) is 9.59 Å². The molecule has 0 bridgehead atoms. The number of carboxylic acid groups (broad SMARTS) is 1. The zero-order valence-corrected chi connectivity index (χ0v) is 10.6. The van der Waals surface area contributed by atoms with Gasteiger partial charge >= 0.3 is 18.2 Å². The molecular weight excluding hydrogens is 267 g/mol. The summed E-state index contributed by atoms with van der Waals surface area (Å²) in [5.74, 6) is -2.22. The lowest BCUT2D eigenvalue weighted by Gasteiger charge is -2.31. The van der Waals surface area contributed by atoms with E-state index >= 15 is 0 Å². The van der Waals surface area contributed by atoms with Crippen LogP contribution in [0.25, 0.3) is 0 Å². The first-order chi connectivity index (χ1) is 8.60. The smallest absolute Gasteiger partial charge is 0.411 e. The molecule has 8 heteroatoms. The Kier molecular flexibility index (Phi) is 6.37. The third kappa shape index (κ3) is 6.12. The van der Waals surface area contributed by atoms with E-state index in [1.54, 1.807) is 0 Å². The van der Waals surface area contributed by atoms with Crippen LogP contribution in [0.4, 0.5) is 18.0 Å². The predicted molar refractivity (Wildman–Crippen MR) is 60.6 cm³/mol. The summed E-state index contributed by atoms with van der Waals surface area (Å²) in [4.78, 5) is 22.7. The number of ether oxygens (including phenoxy) is 1. The van der Waals surface area contributed by atoms with E-state index in [0.717, 1.165) is 0 Å². The fourth-order valence-corrected chi connectivity index (χ4v) is 1.46. The van der Waals surface area contributed by atoms with Crippen molar-refractivity contribution in [2.24, 2.45) is 5.92 Å². The number of alkyl halides is 3. The van der Waals surface area contributed by atoms with Crippen LogP contribution in [0.5, 0.6) is 0 Å². The van der Waals surface area contributed by atoms with E-state index in [1.807, 2.05) is 0 Å². The van der Waals surface area contributed by atoms with E-state index in [9.17, 15) is 22.8 Å². The van der Waals surface area contributed by atoms with E-state index in [1.165, 1.54) is 19.9 Å². The Bertz CT molecular complexity index is 341. The highest BCUT2D eigenvalue weighted by molar-refractivity contribution is 5.80. The van der Waals surface area contributed by atoms with Crippen molar-refractivity contribution in [3.8, 4) is 0 Å².